The lowest BCUT2D eigenvalue weighted by atomic mass is 9.98. The standard InChI is InChI=1S/C27H25N3/c1-20-15-17-21(18-16-20)24-13-8-14-25(19-24)27(30-28)29-26(22-9-4-2-5-10-22)23-11-6-3-7-12-23/h2-19,26H,28H2,1H3,(H,29,30). The first-order chi connectivity index (χ1) is 14.7. The van der Waals surface area contributed by atoms with E-state index in [1.807, 2.05) is 48.5 Å². The third kappa shape index (κ3) is 4.48. The number of rotatable bonds is 5. The molecule has 3 N–H and O–H groups in total. The van der Waals surface area contributed by atoms with E-state index >= 15 is 0 Å². The molecule has 4 aromatic carbocycles. The van der Waals surface area contributed by atoms with Gasteiger partial charge in [-0.05, 0) is 35.2 Å². The quantitative estimate of drug-likeness (QED) is 0.200. The van der Waals surface area contributed by atoms with Crippen LogP contribution in [0.25, 0.3) is 11.1 Å². The molecule has 0 fully saturated rings. The Labute approximate surface area is 177 Å². The summed E-state index contributed by atoms with van der Waals surface area (Å²) in [6.45, 7) is 2.09. The van der Waals surface area contributed by atoms with Gasteiger partial charge in [0, 0.05) is 5.56 Å². The van der Waals surface area contributed by atoms with E-state index in [0.717, 1.165) is 22.3 Å². The highest BCUT2D eigenvalue weighted by Crippen LogP contribution is 2.27. The summed E-state index contributed by atoms with van der Waals surface area (Å²) < 4.78 is 0. The second-order valence-electron chi connectivity index (χ2n) is 7.29. The Kier molecular flexibility index (Phi) is 6.02. The number of hydrogen-bond donors (Lipinski definition) is 2. The Morgan fingerprint density at radius 2 is 1.30 bits per heavy atom. The van der Waals surface area contributed by atoms with Gasteiger partial charge in [-0.15, -0.1) is 0 Å². The third-order valence-electron chi connectivity index (χ3n) is 5.15. The van der Waals surface area contributed by atoms with Crippen LogP contribution in [-0.4, -0.2) is 5.84 Å². The van der Waals surface area contributed by atoms with Crippen LogP contribution in [0, 0.1) is 6.92 Å². The van der Waals surface area contributed by atoms with Gasteiger partial charge in [0.1, 0.15) is 11.9 Å². The van der Waals surface area contributed by atoms with Gasteiger partial charge in [-0.1, -0.05) is 109 Å². The summed E-state index contributed by atoms with van der Waals surface area (Å²) >= 11 is 0. The molecule has 0 bridgehead atoms. The Balaban J connectivity index is 1.76. The molecular formula is C27H25N3. The maximum atomic E-state index is 5.94. The summed E-state index contributed by atoms with van der Waals surface area (Å²) in [4.78, 5) is 5.03. The van der Waals surface area contributed by atoms with E-state index in [0.29, 0.717) is 5.84 Å². The van der Waals surface area contributed by atoms with Crippen LogP contribution in [0.4, 0.5) is 0 Å². The SMILES string of the molecule is Cc1ccc(-c2cccc(C(=NC(c3ccccc3)c3ccccc3)NN)c2)cc1. The Bertz CT molecular complexity index is 1080. The number of hydrogen-bond acceptors (Lipinski definition) is 2. The molecule has 0 amide bonds. The van der Waals surface area contributed by atoms with Crippen LogP contribution >= 0.6 is 0 Å². The van der Waals surface area contributed by atoms with Crippen molar-refractivity contribution < 1.29 is 0 Å². The van der Waals surface area contributed by atoms with E-state index in [1.165, 1.54) is 11.1 Å². The highest BCUT2D eigenvalue weighted by molar-refractivity contribution is 5.99. The highest BCUT2D eigenvalue weighted by Gasteiger charge is 2.15. The van der Waals surface area contributed by atoms with Crippen LogP contribution in [0.15, 0.2) is 114 Å². The lowest BCUT2D eigenvalue weighted by molar-refractivity contribution is 0.852. The molecule has 0 aliphatic carbocycles. The third-order valence-corrected chi connectivity index (χ3v) is 5.15. The molecule has 0 unspecified atom stereocenters. The molecule has 0 saturated heterocycles. The van der Waals surface area contributed by atoms with Crippen molar-refractivity contribution in [3.63, 3.8) is 0 Å². The normalized spacial score (nSPS) is 11.5. The molecule has 3 nitrogen and oxygen atoms in total. The summed E-state index contributed by atoms with van der Waals surface area (Å²) in [7, 11) is 0. The average Bonchev–Trinajstić information content (AvgIpc) is 2.81. The molecule has 148 valence electrons. The minimum atomic E-state index is -0.151. The van der Waals surface area contributed by atoms with Gasteiger partial charge < -0.3 is 5.43 Å². The van der Waals surface area contributed by atoms with Gasteiger partial charge in [0.05, 0.1) is 0 Å². The maximum Gasteiger partial charge on any atom is 0.143 e. The molecule has 0 heterocycles. The van der Waals surface area contributed by atoms with Gasteiger partial charge in [0.2, 0.25) is 0 Å². The zero-order chi connectivity index (χ0) is 20.8. The lowest BCUT2D eigenvalue weighted by Crippen LogP contribution is -2.31. The fourth-order valence-corrected chi connectivity index (χ4v) is 3.53. The molecule has 0 atom stereocenters. The Hall–Kier alpha value is -3.69. The topological polar surface area (TPSA) is 50.4 Å². The minimum Gasteiger partial charge on any atom is -0.308 e. The van der Waals surface area contributed by atoms with E-state index in [9.17, 15) is 0 Å². The smallest absolute Gasteiger partial charge is 0.143 e. The maximum absolute atomic E-state index is 5.94. The minimum absolute atomic E-state index is 0.151. The number of aliphatic imine (C=N–C) groups is 1. The van der Waals surface area contributed by atoms with E-state index in [4.69, 9.17) is 10.8 Å². The van der Waals surface area contributed by atoms with Crippen molar-refractivity contribution >= 4 is 5.84 Å². The predicted molar refractivity (Wildman–Crippen MR) is 125 cm³/mol. The van der Waals surface area contributed by atoms with Gasteiger partial charge >= 0.3 is 0 Å². The van der Waals surface area contributed by atoms with E-state index < -0.39 is 0 Å². The summed E-state index contributed by atoms with van der Waals surface area (Å²) in [5.41, 5.74) is 9.55. The van der Waals surface area contributed by atoms with E-state index in [1.54, 1.807) is 0 Å². The zero-order valence-corrected chi connectivity index (χ0v) is 17.0. The molecule has 0 aliphatic heterocycles. The molecule has 0 saturated carbocycles. The largest absolute Gasteiger partial charge is 0.308 e. The number of nitrogens with one attached hydrogen (secondary N) is 1. The summed E-state index contributed by atoms with van der Waals surface area (Å²) in [6, 6.07) is 37.2. The molecular weight excluding hydrogens is 366 g/mol. The van der Waals surface area contributed by atoms with Crippen molar-refractivity contribution in [2.75, 3.05) is 0 Å². The monoisotopic (exact) mass is 391 g/mol. The molecule has 0 aliphatic rings. The summed E-state index contributed by atoms with van der Waals surface area (Å²) in [6.07, 6.45) is 0. The van der Waals surface area contributed by atoms with Crippen molar-refractivity contribution in [2.24, 2.45) is 10.8 Å². The van der Waals surface area contributed by atoms with Crippen LogP contribution in [0.1, 0.15) is 28.3 Å². The van der Waals surface area contributed by atoms with Gasteiger partial charge in [0.25, 0.3) is 0 Å². The van der Waals surface area contributed by atoms with Crippen molar-refractivity contribution in [3.05, 3.63) is 131 Å². The predicted octanol–water partition coefficient (Wildman–Crippen LogP) is 5.66. The first kappa shape index (κ1) is 19.6. The average molecular weight is 392 g/mol. The van der Waals surface area contributed by atoms with E-state index in [2.05, 4.69) is 73.0 Å². The van der Waals surface area contributed by atoms with Gasteiger partial charge in [-0.25, -0.2) is 5.84 Å². The van der Waals surface area contributed by atoms with Crippen LogP contribution in [0.2, 0.25) is 0 Å². The van der Waals surface area contributed by atoms with Crippen molar-refractivity contribution in [2.45, 2.75) is 13.0 Å². The van der Waals surface area contributed by atoms with Crippen LogP contribution in [0.3, 0.4) is 0 Å². The summed E-state index contributed by atoms with van der Waals surface area (Å²) in [5.74, 6) is 6.59. The molecule has 0 aromatic heterocycles. The Morgan fingerprint density at radius 3 is 1.87 bits per heavy atom. The van der Waals surface area contributed by atoms with Gasteiger partial charge in [-0.3, -0.25) is 4.99 Å². The van der Waals surface area contributed by atoms with Crippen molar-refractivity contribution in [1.82, 2.24) is 5.43 Å². The molecule has 0 radical (unpaired) electrons. The number of benzene rings is 4. The fourth-order valence-electron chi connectivity index (χ4n) is 3.53. The van der Waals surface area contributed by atoms with Crippen LogP contribution < -0.4 is 11.3 Å². The lowest BCUT2D eigenvalue weighted by Gasteiger charge is -2.17. The first-order valence-electron chi connectivity index (χ1n) is 10.1. The zero-order valence-electron chi connectivity index (χ0n) is 17.0. The molecule has 0 spiro atoms. The van der Waals surface area contributed by atoms with E-state index in [-0.39, 0.29) is 6.04 Å². The Morgan fingerprint density at radius 1 is 0.700 bits per heavy atom. The number of hydrazine groups is 1. The van der Waals surface area contributed by atoms with Crippen LogP contribution in [-0.2, 0) is 0 Å². The molecule has 3 heteroatoms. The van der Waals surface area contributed by atoms with Crippen LogP contribution in [0.5, 0.6) is 0 Å². The summed E-state index contributed by atoms with van der Waals surface area (Å²) in [5, 5.41) is 0. The van der Waals surface area contributed by atoms with Gasteiger partial charge in [-0.2, -0.15) is 0 Å². The van der Waals surface area contributed by atoms with Gasteiger partial charge in [0.15, 0.2) is 0 Å². The highest BCUT2D eigenvalue weighted by atomic mass is 15.3. The van der Waals surface area contributed by atoms with Crippen molar-refractivity contribution in [1.29, 1.82) is 0 Å². The second-order valence-corrected chi connectivity index (χ2v) is 7.29. The second kappa shape index (κ2) is 9.21. The molecule has 4 rings (SSSR count). The fraction of sp³-hybridized carbons (Fsp3) is 0.0741. The number of aryl methyl sites for hydroxylation is 1. The molecule has 30 heavy (non-hydrogen) atoms. The number of amidine groups is 1. The molecule has 4 aromatic rings. The number of nitrogens with two attached hydrogens (primary N) is 1. The first-order valence-corrected chi connectivity index (χ1v) is 10.1. The van der Waals surface area contributed by atoms with Crippen molar-refractivity contribution in [3.8, 4) is 11.1 Å². The number of nitrogens with zero attached hydrogens (tertiary/aromatic N) is 1.